The van der Waals surface area contributed by atoms with Crippen molar-refractivity contribution in [3.05, 3.63) is 35.1 Å². The fourth-order valence-electron chi connectivity index (χ4n) is 4.12. The predicted molar refractivity (Wildman–Crippen MR) is 120 cm³/mol. The van der Waals surface area contributed by atoms with Gasteiger partial charge < -0.3 is 24.8 Å². The van der Waals surface area contributed by atoms with Gasteiger partial charge >= 0.3 is 5.97 Å². The van der Waals surface area contributed by atoms with E-state index in [1.54, 1.807) is 23.1 Å². The van der Waals surface area contributed by atoms with Crippen LogP contribution in [0.1, 0.15) is 16.9 Å². The first-order valence-electron chi connectivity index (χ1n) is 10.6. The fourth-order valence-corrected chi connectivity index (χ4v) is 4.29. The lowest BCUT2D eigenvalue weighted by molar-refractivity contribution is -0.142. The molecule has 2 aliphatic rings. The van der Waals surface area contributed by atoms with Gasteiger partial charge in [0.25, 0.3) is 0 Å². The number of carboxylic acid groups (broad SMARTS) is 1. The number of carboxylic acids is 1. The van der Waals surface area contributed by atoms with Crippen LogP contribution < -0.4 is 20.1 Å². The molecule has 3 unspecified atom stereocenters. The van der Waals surface area contributed by atoms with Crippen LogP contribution in [-0.4, -0.2) is 77.4 Å². The summed E-state index contributed by atoms with van der Waals surface area (Å²) in [6, 6.07) is 6.76. The van der Waals surface area contributed by atoms with Crippen LogP contribution in [0.2, 0.25) is 5.02 Å². The molecule has 34 heavy (non-hydrogen) atoms. The molecule has 11 nitrogen and oxygen atoms in total. The molecule has 2 aliphatic heterocycles. The van der Waals surface area contributed by atoms with Gasteiger partial charge in [0.1, 0.15) is 12.4 Å². The summed E-state index contributed by atoms with van der Waals surface area (Å²) in [5, 5.41) is 25.5. The maximum absolute atomic E-state index is 12.9. The quantitative estimate of drug-likeness (QED) is 0.519. The van der Waals surface area contributed by atoms with Crippen LogP contribution in [0.4, 0.5) is 0 Å². The summed E-state index contributed by atoms with van der Waals surface area (Å²) in [6.45, 7) is 1.49. The highest BCUT2D eigenvalue weighted by atomic mass is 35.5. The van der Waals surface area contributed by atoms with Crippen LogP contribution >= 0.6 is 11.6 Å². The highest BCUT2D eigenvalue weighted by molar-refractivity contribution is 6.31. The Hall–Kier alpha value is -3.46. The Bertz CT molecular complexity index is 1140. The number of methoxy groups -OCH3 is 1. The number of rotatable bonds is 7. The molecule has 0 spiro atoms. The van der Waals surface area contributed by atoms with Gasteiger partial charge in [0.15, 0.2) is 0 Å². The van der Waals surface area contributed by atoms with Gasteiger partial charge in [-0.15, -0.1) is 0 Å². The van der Waals surface area contributed by atoms with Crippen LogP contribution in [-0.2, 0) is 4.79 Å². The second-order valence-electron chi connectivity index (χ2n) is 7.91. The predicted octanol–water partition coefficient (Wildman–Crippen LogP) is 1.14. The monoisotopic (exact) mass is 486 g/mol. The number of hydrogen-bond donors (Lipinski definition) is 3. The molecule has 0 radical (unpaired) electrons. The van der Waals surface area contributed by atoms with Crippen molar-refractivity contribution < 1.29 is 24.2 Å². The SMILES string of the molecule is COc1ncc(-c2cc(Cl)ccc2OCCN2CNC3CNC(C#N)CC3C2=O)nc1C(=O)O. The van der Waals surface area contributed by atoms with Gasteiger partial charge in [-0.2, -0.15) is 5.26 Å². The largest absolute Gasteiger partial charge is 0.491 e. The van der Waals surface area contributed by atoms with E-state index in [1.165, 1.54) is 13.3 Å². The van der Waals surface area contributed by atoms with Gasteiger partial charge in [0, 0.05) is 23.2 Å². The number of carbonyl (C=O) groups is 2. The van der Waals surface area contributed by atoms with Gasteiger partial charge in [-0.25, -0.2) is 14.8 Å². The maximum Gasteiger partial charge on any atom is 0.360 e. The Morgan fingerprint density at radius 3 is 2.97 bits per heavy atom. The van der Waals surface area contributed by atoms with Gasteiger partial charge in [0.05, 0.1) is 50.2 Å². The molecule has 1 aromatic carbocycles. The van der Waals surface area contributed by atoms with Crippen LogP contribution in [0.25, 0.3) is 11.3 Å². The van der Waals surface area contributed by atoms with E-state index in [1.807, 2.05) is 0 Å². The van der Waals surface area contributed by atoms with Crippen molar-refractivity contribution in [1.29, 1.82) is 5.26 Å². The average Bonchev–Trinajstić information content (AvgIpc) is 2.85. The third-order valence-electron chi connectivity index (χ3n) is 5.86. The van der Waals surface area contributed by atoms with Gasteiger partial charge in [-0.1, -0.05) is 11.6 Å². The smallest absolute Gasteiger partial charge is 0.360 e. The highest BCUT2D eigenvalue weighted by Crippen LogP contribution is 2.32. The summed E-state index contributed by atoms with van der Waals surface area (Å²) >= 11 is 6.16. The summed E-state index contributed by atoms with van der Waals surface area (Å²) in [7, 11) is 1.31. The Balaban J connectivity index is 1.47. The lowest BCUT2D eigenvalue weighted by Crippen LogP contribution is -2.64. The number of amides is 1. The maximum atomic E-state index is 12.9. The number of aromatic carboxylic acids is 1. The molecule has 3 atom stereocenters. The Morgan fingerprint density at radius 2 is 2.24 bits per heavy atom. The molecule has 1 aromatic heterocycles. The molecule has 0 saturated carbocycles. The van der Waals surface area contributed by atoms with Crippen molar-refractivity contribution in [3.8, 4) is 29.0 Å². The number of halogens is 1. The number of nitrogens with one attached hydrogen (secondary N) is 2. The van der Waals surface area contributed by atoms with E-state index in [2.05, 4.69) is 26.7 Å². The van der Waals surface area contributed by atoms with Crippen molar-refractivity contribution in [1.82, 2.24) is 25.5 Å². The summed E-state index contributed by atoms with van der Waals surface area (Å²) in [6.07, 6.45) is 1.85. The zero-order chi connectivity index (χ0) is 24.2. The number of carbonyl (C=O) groups excluding carboxylic acids is 1. The molecule has 3 heterocycles. The van der Waals surface area contributed by atoms with Crippen molar-refractivity contribution in [3.63, 3.8) is 0 Å². The minimum atomic E-state index is -1.28. The molecule has 1 amide bonds. The Labute approximate surface area is 200 Å². The van der Waals surface area contributed by atoms with Gasteiger partial charge in [0.2, 0.25) is 17.5 Å². The van der Waals surface area contributed by atoms with Crippen LogP contribution in [0.3, 0.4) is 0 Å². The number of ether oxygens (including phenoxy) is 2. The van der Waals surface area contributed by atoms with E-state index in [0.29, 0.717) is 42.5 Å². The van der Waals surface area contributed by atoms with E-state index in [9.17, 15) is 20.0 Å². The van der Waals surface area contributed by atoms with E-state index in [4.69, 9.17) is 21.1 Å². The van der Waals surface area contributed by atoms with Crippen molar-refractivity contribution in [2.45, 2.75) is 18.5 Å². The molecule has 3 N–H and O–H groups in total. The summed E-state index contributed by atoms with van der Waals surface area (Å²) in [5.74, 6) is -1.22. The second-order valence-corrected chi connectivity index (χ2v) is 8.35. The molecule has 178 valence electrons. The van der Waals surface area contributed by atoms with E-state index in [-0.39, 0.29) is 47.8 Å². The number of hydrogen-bond acceptors (Lipinski definition) is 9. The topological polar surface area (TPSA) is 150 Å². The average molecular weight is 487 g/mol. The summed E-state index contributed by atoms with van der Waals surface area (Å²) in [4.78, 5) is 34.3. The zero-order valence-electron chi connectivity index (χ0n) is 18.3. The first-order chi connectivity index (χ1) is 16.4. The number of aromatic nitrogens is 2. The van der Waals surface area contributed by atoms with Crippen LogP contribution in [0.5, 0.6) is 11.6 Å². The molecule has 2 fully saturated rings. The second kappa shape index (κ2) is 10.2. The minimum absolute atomic E-state index is 0.00227. The first-order valence-corrected chi connectivity index (χ1v) is 11.0. The molecule has 4 rings (SSSR count). The highest BCUT2D eigenvalue weighted by Gasteiger charge is 2.40. The van der Waals surface area contributed by atoms with Gasteiger partial charge in [-0.05, 0) is 24.6 Å². The molecule has 0 aliphatic carbocycles. The molecule has 12 heteroatoms. The van der Waals surface area contributed by atoms with Crippen molar-refractivity contribution in [2.24, 2.45) is 5.92 Å². The first kappa shape index (κ1) is 23.7. The third kappa shape index (κ3) is 4.89. The van der Waals surface area contributed by atoms with Crippen molar-refractivity contribution in [2.75, 3.05) is 33.5 Å². The Morgan fingerprint density at radius 1 is 1.41 bits per heavy atom. The van der Waals surface area contributed by atoms with E-state index in [0.717, 1.165) is 0 Å². The van der Waals surface area contributed by atoms with Crippen LogP contribution in [0.15, 0.2) is 24.4 Å². The summed E-state index contributed by atoms with van der Waals surface area (Å²) in [5.41, 5.74) is 0.387. The van der Waals surface area contributed by atoms with E-state index >= 15 is 0 Å². The summed E-state index contributed by atoms with van der Waals surface area (Å²) < 4.78 is 10.9. The molecule has 2 saturated heterocycles. The minimum Gasteiger partial charge on any atom is -0.491 e. The van der Waals surface area contributed by atoms with Crippen molar-refractivity contribution >= 4 is 23.5 Å². The number of nitriles is 1. The van der Waals surface area contributed by atoms with E-state index < -0.39 is 5.97 Å². The third-order valence-corrected chi connectivity index (χ3v) is 6.09. The molecule has 2 aromatic rings. The number of fused-ring (bicyclic) bond motifs is 1. The molecule has 0 bridgehead atoms. The molecular weight excluding hydrogens is 464 g/mol. The fraction of sp³-hybridized carbons (Fsp3) is 0.409. The standard InChI is InChI=1S/C22H23ClN6O5/c1-33-20-19(22(31)32)28-17(10-26-20)14-6-12(23)2-3-18(14)34-5-4-29-11-27-16-9-25-13(8-24)7-15(16)21(29)30/h2-3,6,10,13,15-16,25,27H,4-5,7,9,11H2,1H3,(H,31,32). The number of piperidine rings is 1. The number of benzene rings is 1. The number of nitrogens with zero attached hydrogens (tertiary/aromatic N) is 4. The van der Waals surface area contributed by atoms with Crippen LogP contribution in [0, 0.1) is 17.2 Å². The molecular formula is C22H23ClN6O5. The Kier molecular flexibility index (Phi) is 7.12. The lowest BCUT2D eigenvalue weighted by Gasteiger charge is -2.42. The zero-order valence-corrected chi connectivity index (χ0v) is 19.1. The lowest BCUT2D eigenvalue weighted by atomic mass is 9.86. The van der Waals surface area contributed by atoms with Gasteiger partial charge in [-0.3, -0.25) is 10.1 Å². The normalized spacial score (nSPS) is 22.0.